The monoisotopic (exact) mass is 423 g/mol. The average molecular weight is 424 g/mol. The van der Waals surface area contributed by atoms with E-state index in [9.17, 15) is 4.79 Å². The van der Waals surface area contributed by atoms with Crippen molar-refractivity contribution in [3.8, 4) is 0 Å². The maximum absolute atomic E-state index is 12.8. The van der Waals surface area contributed by atoms with Gasteiger partial charge < -0.3 is 4.74 Å². The molecule has 2 heterocycles. The summed E-state index contributed by atoms with van der Waals surface area (Å²) in [7, 11) is 0. The zero-order valence-electron chi connectivity index (χ0n) is 17.9. The Hall–Kier alpha value is -1.84. The molecule has 3 nitrogen and oxygen atoms in total. The maximum atomic E-state index is 12.8. The summed E-state index contributed by atoms with van der Waals surface area (Å²) < 4.78 is 5.91. The number of carbonyl (C=O) groups excluding carboxylic acids is 1. The summed E-state index contributed by atoms with van der Waals surface area (Å²) in [5.74, 6) is 0.161. The van der Waals surface area contributed by atoms with Crippen LogP contribution in [-0.2, 0) is 9.53 Å². The predicted octanol–water partition coefficient (Wildman–Crippen LogP) is 5.66. The number of nitrogens with zero attached hydrogens (tertiary/aromatic N) is 1. The van der Waals surface area contributed by atoms with Crippen molar-refractivity contribution in [1.29, 1.82) is 0 Å². The van der Waals surface area contributed by atoms with Crippen molar-refractivity contribution in [3.05, 3.63) is 64.2 Å². The van der Waals surface area contributed by atoms with Crippen molar-refractivity contribution in [2.75, 3.05) is 19.6 Å². The third kappa shape index (κ3) is 3.56. The Morgan fingerprint density at radius 1 is 1.23 bits per heavy atom. The fourth-order valence-corrected chi connectivity index (χ4v) is 6.05. The Bertz CT molecular complexity index is 944. The molecule has 30 heavy (non-hydrogen) atoms. The number of ether oxygens (including phenoxy) is 1. The number of fused-ring (bicyclic) bond motifs is 2. The van der Waals surface area contributed by atoms with E-state index in [1.165, 1.54) is 22.3 Å². The number of hydrogen-bond acceptors (Lipinski definition) is 3. The van der Waals surface area contributed by atoms with Gasteiger partial charge in [-0.1, -0.05) is 54.5 Å². The van der Waals surface area contributed by atoms with E-state index in [0.717, 1.165) is 50.3 Å². The van der Waals surface area contributed by atoms with Crippen molar-refractivity contribution in [2.24, 2.45) is 17.3 Å². The predicted molar refractivity (Wildman–Crippen MR) is 121 cm³/mol. The number of rotatable bonds is 3. The summed E-state index contributed by atoms with van der Waals surface area (Å²) in [6, 6.07) is 8.08. The van der Waals surface area contributed by atoms with Crippen molar-refractivity contribution < 1.29 is 9.53 Å². The SMILES string of the molecule is CC1=CCCC2(C)CC3OC(=O)C(CN4CC=C(c5ccc(Cl)cc5)CC4)C3C=C12. The second kappa shape index (κ2) is 7.69. The smallest absolute Gasteiger partial charge is 0.311 e. The molecule has 1 aromatic carbocycles. The zero-order valence-corrected chi connectivity index (χ0v) is 18.6. The van der Waals surface area contributed by atoms with E-state index in [1.807, 2.05) is 12.1 Å². The van der Waals surface area contributed by atoms with E-state index in [2.05, 4.69) is 49.1 Å². The number of halogens is 1. The Morgan fingerprint density at radius 2 is 2.03 bits per heavy atom. The molecule has 0 N–H and O–H groups in total. The molecule has 2 aliphatic heterocycles. The van der Waals surface area contributed by atoms with Gasteiger partial charge >= 0.3 is 5.97 Å². The van der Waals surface area contributed by atoms with Gasteiger partial charge in [0.25, 0.3) is 0 Å². The molecule has 0 radical (unpaired) electrons. The summed E-state index contributed by atoms with van der Waals surface area (Å²) in [5.41, 5.74) is 5.63. The Balaban J connectivity index is 1.31. The molecule has 1 fully saturated rings. The van der Waals surface area contributed by atoms with Gasteiger partial charge in [-0.3, -0.25) is 9.69 Å². The van der Waals surface area contributed by atoms with Crippen molar-refractivity contribution in [2.45, 2.75) is 45.6 Å². The minimum Gasteiger partial charge on any atom is -0.461 e. The third-order valence-electron chi connectivity index (χ3n) is 7.66. The molecule has 2 aliphatic carbocycles. The quantitative estimate of drug-likeness (QED) is 0.587. The highest BCUT2D eigenvalue weighted by molar-refractivity contribution is 6.30. The van der Waals surface area contributed by atoms with Crippen molar-refractivity contribution in [3.63, 3.8) is 0 Å². The van der Waals surface area contributed by atoms with Crippen molar-refractivity contribution >= 4 is 23.1 Å². The summed E-state index contributed by atoms with van der Waals surface area (Å²) in [6.45, 7) is 7.22. The molecule has 0 bridgehead atoms. The third-order valence-corrected chi connectivity index (χ3v) is 7.91. The lowest BCUT2D eigenvalue weighted by Crippen LogP contribution is -2.40. The van der Waals surface area contributed by atoms with Crippen LogP contribution in [0.5, 0.6) is 0 Å². The van der Waals surface area contributed by atoms with E-state index < -0.39 is 0 Å². The molecule has 1 saturated heterocycles. The van der Waals surface area contributed by atoms with Crippen LogP contribution in [0.1, 0.15) is 45.1 Å². The standard InChI is InChI=1S/C26H30ClNO2/c1-17-4-3-11-26(2)15-24-21(14-23(17)26)22(25(29)30-24)16-28-12-9-19(10-13-28)18-5-7-20(27)8-6-18/h4-9,14,21-22,24H,3,10-13,15-16H2,1-2H3. The molecule has 5 rings (SSSR count). The number of carbonyl (C=O) groups is 1. The van der Waals surface area contributed by atoms with Crippen LogP contribution >= 0.6 is 11.6 Å². The van der Waals surface area contributed by atoms with Crippen molar-refractivity contribution in [1.82, 2.24) is 4.90 Å². The van der Waals surface area contributed by atoms with Gasteiger partial charge in [0.2, 0.25) is 0 Å². The largest absolute Gasteiger partial charge is 0.461 e. The lowest BCUT2D eigenvalue weighted by Gasteiger charge is -2.43. The maximum Gasteiger partial charge on any atom is 0.311 e. The number of benzene rings is 1. The summed E-state index contributed by atoms with van der Waals surface area (Å²) in [6.07, 6.45) is 11.4. The average Bonchev–Trinajstić information content (AvgIpc) is 3.01. The van der Waals surface area contributed by atoms with Gasteiger partial charge in [-0.2, -0.15) is 0 Å². The van der Waals surface area contributed by atoms with Gasteiger partial charge in [0.15, 0.2) is 0 Å². The zero-order chi connectivity index (χ0) is 20.9. The fourth-order valence-electron chi connectivity index (χ4n) is 5.92. The second-order valence-corrected chi connectivity index (χ2v) is 10.1. The highest BCUT2D eigenvalue weighted by Crippen LogP contribution is 2.52. The molecule has 1 aromatic rings. The number of hydrogen-bond donors (Lipinski definition) is 0. The van der Waals surface area contributed by atoms with Gasteiger partial charge in [-0.05, 0) is 66.9 Å². The van der Waals surface area contributed by atoms with Gasteiger partial charge in [0.1, 0.15) is 6.10 Å². The first-order chi connectivity index (χ1) is 14.4. The molecular weight excluding hydrogens is 394 g/mol. The molecule has 158 valence electrons. The number of esters is 1. The molecule has 0 spiro atoms. The van der Waals surface area contributed by atoms with E-state index in [4.69, 9.17) is 16.3 Å². The normalized spacial score (nSPS) is 33.8. The van der Waals surface area contributed by atoms with Crippen LogP contribution in [-0.4, -0.2) is 36.6 Å². The highest BCUT2D eigenvalue weighted by atomic mass is 35.5. The van der Waals surface area contributed by atoms with Gasteiger partial charge in [0.05, 0.1) is 5.92 Å². The molecule has 0 saturated carbocycles. The van der Waals surface area contributed by atoms with E-state index in [0.29, 0.717) is 0 Å². The lowest BCUT2D eigenvalue weighted by molar-refractivity contribution is -0.145. The Morgan fingerprint density at radius 3 is 2.77 bits per heavy atom. The summed E-state index contributed by atoms with van der Waals surface area (Å²) in [5, 5.41) is 0.770. The molecule has 4 atom stereocenters. The van der Waals surface area contributed by atoms with Crippen LogP contribution in [0.15, 0.2) is 53.6 Å². The molecule has 0 aromatic heterocycles. The Labute approximate surface area is 184 Å². The minimum atomic E-state index is -0.0488. The minimum absolute atomic E-state index is 0.00166. The van der Waals surface area contributed by atoms with Crippen LogP contribution in [0.3, 0.4) is 0 Å². The first-order valence-electron chi connectivity index (χ1n) is 11.2. The summed E-state index contributed by atoms with van der Waals surface area (Å²) >= 11 is 6.02. The first kappa shape index (κ1) is 20.1. The Kier molecular flexibility index (Phi) is 5.15. The van der Waals surface area contributed by atoms with E-state index >= 15 is 0 Å². The fraction of sp³-hybridized carbons (Fsp3) is 0.500. The lowest BCUT2D eigenvalue weighted by atomic mass is 9.62. The van der Waals surface area contributed by atoms with Crippen LogP contribution in [0.25, 0.3) is 5.57 Å². The van der Waals surface area contributed by atoms with E-state index in [1.54, 1.807) is 0 Å². The second-order valence-electron chi connectivity index (χ2n) is 9.68. The van der Waals surface area contributed by atoms with Gasteiger partial charge in [-0.25, -0.2) is 0 Å². The van der Waals surface area contributed by atoms with Gasteiger partial charge in [0, 0.05) is 30.6 Å². The van der Waals surface area contributed by atoms with Crippen LogP contribution in [0, 0.1) is 17.3 Å². The first-order valence-corrected chi connectivity index (χ1v) is 11.6. The number of allylic oxidation sites excluding steroid dienone is 3. The van der Waals surface area contributed by atoms with Gasteiger partial charge in [-0.15, -0.1) is 0 Å². The van der Waals surface area contributed by atoms with Crippen LogP contribution in [0.2, 0.25) is 5.02 Å². The molecule has 4 unspecified atom stereocenters. The summed E-state index contributed by atoms with van der Waals surface area (Å²) in [4.78, 5) is 15.2. The molecule has 4 aliphatic rings. The van der Waals surface area contributed by atoms with Crippen LogP contribution < -0.4 is 0 Å². The van der Waals surface area contributed by atoms with E-state index in [-0.39, 0.29) is 29.3 Å². The topological polar surface area (TPSA) is 29.5 Å². The molecule has 4 heteroatoms. The molecular formula is C26H30ClNO2. The highest BCUT2D eigenvalue weighted by Gasteiger charge is 2.51. The van der Waals surface area contributed by atoms with Crippen LogP contribution in [0.4, 0.5) is 0 Å². The molecule has 0 amide bonds.